The van der Waals surface area contributed by atoms with E-state index in [1.54, 1.807) is 34.9 Å². The number of nitrogens with one attached hydrogen (secondary N) is 1. The zero-order valence-electron chi connectivity index (χ0n) is 18.9. The van der Waals surface area contributed by atoms with Crippen molar-refractivity contribution < 1.29 is 9.18 Å². The average Bonchev–Trinajstić information content (AvgIpc) is 3.39. The van der Waals surface area contributed by atoms with Gasteiger partial charge < -0.3 is 10.2 Å². The summed E-state index contributed by atoms with van der Waals surface area (Å²) in [6.07, 6.45) is 2.10. The van der Waals surface area contributed by atoms with E-state index < -0.39 is 0 Å². The molecule has 0 radical (unpaired) electrons. The number of carbonyl (C=O) groups excluding carboxylic acids is 1. The van der Waals surface area contributed by atoms with Crippen LogP contribution in [0.15, 0.2) is 71.5 Å². The van der Waals surface area contributed by atoms with Crippen molar-refractivity contribution in [2.75, 3.05) is 18.0 Å². The lowest BCUT2D eigenvalue weighted by Crippen LogP contribution is -2.30. The van der Waals surface area contributed by atoms with Crippen LogP contribution >= 0.6 is 0 Å². The number of benzene rings is 3. The Labute approximate surface area is 196 Å². The molecule has 1 aromatic heterocycles. The summed E-state index contributed by atoms with van der Waals surface area (Å²) in [5.74, 6) is 0.00182. The summed E-state index contributed by atoms with van der Waals surface area (Å²) in [7, 11) is 0. The number of carbonyl (C=O) groups is 1. The normalized spacial score (nSPS) is 13.4. The Bertz CT molecular complexity index is 1410. The smallest absolute Gasteiger partial charge is 0.267 e. The first-order valence-electron chi connectivity index (χ1n) is 11.4. The van der Waals surface area contributed by atoms with E-state index in [-0.39, 0.29) is 23.8 Å². The number of anilines is 1. The number of aromatic nitrogens is 2. The molecule has 0 aliphatic carbocycles. The number of fused-ring (bicyclic) bond motifs is 1. The van der Waals surface area contributed by atoms with Gasteiger partial charge in [0, 0.05) is 25.2 Å². The van der Waals surface area contributed by atoms with E-state index >= 15 is 0 Å². The number of nitrogens with zero attached hydrogens (tertiary/aromatic N) is 3. The molecule has 6 nitrogen and oxygen atoms in total. The van der Waals surface area contributed by atoms with Gasteiger partial charge in [-0.1, -0.05) is 29.8 Å². The first kappa shape index (κ1) is 21.8. The number of aryl methyl sites for hydroxylation is 1. The largest absolute Gasteiger partial charge is 0.348 e. The van der Waals surface area contributed by atoms with Crippen LogP contribution in [0.2, 0.25) is 0 Å². The number of rotatable bonds is 5. The fraction of sp³-hybridized carbons (Fsp3) is 0.222. The topological polar surface area (TPSA) is 67.2 Å². The van der Waals surface area contributed by atoms with Gasteiger partial charge in [-0.15, -0.1) is 0 Å². The van der Waals surface area contributed by atoms with Crippen LogP contribution in [0.5, 0.6) is 0 Å². The van der Waals surface area contributed by atoms with Gasteiger partial charge in [-0.05, 0) is 67.8 Å². The molecular formula is C27H25FN4O2. The molecule has 0 atom stereocenters. The minimum absolute atomic E-state index is 0.158. The molecule has 2 heterocycles. The van der Waals surface area contributed by atoms with Crippen molar-refractivity contribution >= 4 is 22.8 Å². The summed E-state index contributed by atoms with van der Waals surface area (Å²) in [6, 6.07) is 18.8. The molecule has 0 spiro atoms. The monoisotopic (exact) mass is 456 g/mol. The van der Waals surface area contributed by atoms with Crippen LogP contribution < -0.4 is 15.8 Å². The van der Waals surface area contributed by atoms with Gasteiger partial charge in [-0.2, -0.15) is 0 Å². The van der Waals surface area contributed by atoms with Crippen LogP contribution in [-0.2, 0) is 6.54 Å². The fourth-order valence-corrected chi connectivity index (χ4v) is 4.26. The maximum absolute atomic E-state index is 13.6. The molecule has 7 heteroatoms. The third-order valence-corrected chi connectivity index (χ3v) is 6.16. The number of amides is 1. The second-order valence-corrected chi connectivity index (χ2v) is 8.62. The second kappa shape index (κ2) is 9.09. The Balaban J connectivity index is 1.52. The third kappa shape index (κ3) is 4.29. The highest BCUT2D eigenvalue weighted by molar-refractivity contribution is 5.97. The molecule has 172 valence electrons. The molecule has 0 bridgehead atoms. The summed E-state index contributed by atoms with van der Waals surface area (Å²) < 4.78 is 14.8. The van der Waals surface area contributed by atoms with Crippen LogP contribution in [0.25, 0.3) is 16.6 Å². The number of hydrogen-bond donors (Lipinski definition) is 1. The molecule has 1 aliphatic rings. The summed E-state index contributed by atoms with van der Waals surface area (Å²) >= 11 is 0. The molecule has 0 unspecified atom stereocenters. The second-order valence-electron chi connectivity index (χ2n) is 8.62. The summed E-state index contributed by atoms with van der Waals surface area (Å²) in [5.41, 5.74) is 3.43. The van der Waals surface area contributed by atoms with Crippen LogP contribution in [0.4, 0.5) is 10.3 Å². The molecule has 1 saturated heterocycles. The SMILES string of the molecule is Cc1ccc(-n2c(N3CCCC3)nc3cc(C(=O)NCc4ccc(F)cc4)ccc3c2=O)cc1. The van der Waals surface area contributed by atoms with Gasteiger partial charge in [-0.3, -0.25) is 9.59 Å². The van der Waals surface area contributed by atoms with Crippen molar-refractivity contribution in [2.45, 2.75) is 26.3 Å². The molecule has 0 saturated carbocycles. The minimum atomic E-state index is -0.319. The van der Waals surface area contributed by atoms with E-state index in [2.05, 4.69) is 10.2 Å². The van der Waals surface area contributed by atoms with Crippen LogP contribution in [0, 0.1) is 12.7 Å². The van der Waals surface area contributed by atoms with Gasteiger partial charge in [-0.25, -0.2) is 13.9 Å². The Hall–Kier alpha value is -4.00. The number of halogens is 1. The van der Waals surface area contributed by atoms with Gasteiger partial charge in [0.15, 0.2) is 0 Å². The zero-order chi connectivity index (χ0) is 23.7. The van der Waals surface area contributed by atoms with Crippen LogP contribution in [0.1, 0.15) is 34.3 Å². The first-order valence-corrected chi connectivity index (χ1v) is 11.4. The molecule has 1 N–H and O–H groups in total. The van der Waals surface area contributed by atoms with Crippen LogP contribution in [0.3, 0.4) is 0 Å². The predicted octanol–water partition coefficient (Wildman–Crippen LogP) is 4.36. The van der Waals surface area contributed by atoms with Crippen molar-refractivity contribution in [3.63, 3.8) is 0 Å². The quantitative estimate of drug-likeness (QED) is 0.485. The van der Waals surface area contributed by atoms with Crippen molar-refractivity contribution in [1.82, 2.24) is 14.9 Å². The average molecular weight is 457 g/mol. The lowest BCUT2D eigenvalue weighted by Gasteiger charge is -2.22. The van der Waals surface area contributed by atoms with Gasteiger partial charge >= 0.3 is 0 Å². The Kier molecular flexibility index (Phi) is 5.84. The molecule has 1 amide bonds. The summed E-state index contributed by atoms with van der Waals surface area (Å²) in [4.78, 5) is 33.3. The predicted molar refractivity (Wildman–Crippen MR) is 131 cm³/mol. The zero-order valence-corrected chi connectivity index (χ0v) is 18.9. The van der Waals surface area contributed by atoms with Crippen molar-refractivity contribution in [2.24, 2.45) is 0 Å². The minimum Gasteiger partial charge on any atom is -0.348 e. The molecule has 1 fully saturated rings. The maximum atomic E-state index is 13.6. The van der Waals surface area contributed by atoms with E-state index in [4.69, 9.17) is 4.98 Å². The molecule has 34 heavy (non-hydrogen) atoms. The van der Waals surface area contributed by atoms with Gasteiger partial charge in [0.05, 0.1) is 16.6 Å². The van der Waals surface area contributed by atoms with E-state index in [1.165, 1.54) is 12.1 Å². The standard InChI is InChI=1S/C27H25FN4O2/c1-18-4-11-22(12-5-18)32-26(34)23-13-8-20(16-24(23)30-27(32)31-14-2-3-15-31)25(33)29-17-19-6-9-21(28)10-7-19/h4-13,16H,2-3,14-15,17H2,1H3,(H,29,33). The van der Waals surface area contributed by atoms with Gasteiger partial charge in [0.25, 0.3) is 11.5 Å². The van der Waals surface area contributed by atoms with Gasteiger partial charge in [0.1, 0.15) is 5.82 Å². The van der Waals surface area contributed by atoms with Crippen molar-refractivity contribution in [3.8, 4) is 5.69 Å². The Morgan fingerprint density at radius 3 is 2.41 bits per heavy atom. The first-order chi connectivity index (χ1) is 16.5. The van der Waals surface area contributed by atoms with Crippen LogP contribution in [-0.4, -0.2) is 28.5 Å². The van der Waals surface area contributed by atoms with E-state index in [0.29, 0.717) is 22.4 Å². The number of hydrogen-bond acceptors (Lipinski definition) is 4. The summed E-state index contributed by atoms with van der Waals surface area (Å²) in [5, 5.41) is 3.30. The lowest BCUT2D eigenvalue weighted by atomic mass is 10.1. The van der Waals surface area contributed by atoms with Crippen molar-refractivity contribution in [3.05, 3.63) is 99.6 Å². The lowest BCUT2D eigenvalue weighted by molar-refractivity contribution is 0.0951. The molecule has 5 rings (SSSR count). The van der Waals surface area contributed by atoms with E-state index in [9.17, 15) is 14.0 Å². The Morgan fingerprint density at radius 2 is 1.71 bits per heavy atom. The van der Waals surface area contributed by atoms with E-state index in [0.717, 1.165) is 42.7 Å². The van der Waals surface area contributed by atoms with Gasteiger partial charge in [0.2, 0.25) is 5.95 Å². The third-order valence-electron chi connectivity index (χ3n) is 6.16. The highest BCUT2D eigenvalue weighted by Gasteiger charge is 2.21. The molecule has 3 aromatic carbocycles. The van der Waals surface area contributed by atoms with Crippen molar-refractivity contribution in [1.29, 1.82) is 0 Å². The maximum Gasteiger partial charge on any atom is 0.267 e. The summed E-state index contributed by atoms with van der Waals surface area (Å²) in [6.45, 7) is 3.96. The molecule has 1 aliphatic heterocycles. The highest BCUT2D eigenvalue weighted by Crippen LogP contribution is 2.24. The Morgan fingerprint density at radius 1 is 1.00 bits per heavy atom. The fourth-order valence-electron chi connectivity index (χ4n) is 4.26. The van der Waals surface area contributed by atoms with E-state index in [1.807, 2.05) is 31.2 Å². The highest BCUT2D eigenvalue weighted by atomic mass is 19.1. The molecule has 4 aromatic rings. The molecular weight excluding hydrogens is 431 g/mol.